The monoisotopic (exact) mass is 197 g/mol. The second-order valence-corrected chi connectivity index (χ2v) is 4.07. The highest BCUT2D eigenvalue weighted by atomic mass is 16.5. The molecule has 1 amide bonds. The summed E-state index contributed by atoms with van der Waals surface area (Å²) in [4.78, 5) is 11.4. The third-order valence-electron chi connectivity index (χ3n) is 2.31. The number of carbonyl (C=O) groups is 1. The van der Waals surface area contributed by atoms with E-state index in [4.69, 9.17) is 4.74 Å². The van der Waals surface area contributed by atoms with Crippen molar-refractivity contribution in [1.29, 1.82) is 0 Å². The molecule has 0 unspecified atom stereocenters. The predicted molar refractivity (Wildman–Crippen MR) is 56.0 cm³/mol. The molecule has 1 aliphatic rings. The van der Waals surface area contributed by atoms with Crippen molar-refractivity contribution < 1.29 is 9.53 Å². The zero-order valence-electron chi connectivity index (χ0n) is 9.17. The molecule has 0 aromatic rings. The zero-order valence-corrected chi connectivity index (χ0v) is 9.17. The number of ether oxygens (including phenoxy) is 1. The second kappa shape index (κ2) is 5.15. The van der Waals surface area contributed by atoms with Gasteiger partial charge in [0.25, 0.3) is 0 Å². The number of nitrogens with one attached hydrogen (secondary N) is 1. The molecule has 0 saturated carbocycles. The fourth-order valence-corrected chi connectivity index (χ4v) is 1.62. The largest absolute Gasteiger partial charge is 0.376 e. The molecule has 3 heteroatoms. The van der Waals surface area contributed by atoms with Gasteiger partial charge in [0.1, 0.15) is 0 Å². The molecule has 1 N–H and O–H groups in total. The van der Waals surface area contributed by atoms with Gasteiger partial charge in [0.2, 0.25) is 5.91 Å². The molecule has 1 heterocycles. The van der Waals surface area contributed by atoms with Crippen molar-refractivity contribution in [1.82, 2.24) is 5.32 Å². The third-order valence-corrected chi connectivity index (χ3v) is 2.31. The van der Waals surface area contributed by atoms with Crippen LogP contribution in [0.1, 0.15) is 33.6 Å². The summed E-state index contributed by atoms with van der Waals surface area (Å²) in [6.45, 7) is 6.65. The average molecular weight is 197 g/mol. The summed E-state index contributed by atoms with van der Waals surface area (Å²) in [6.07, 6.45) is 3.97. The Bertz CT molecular complexity index is 225. The van der Waals surface area contributed by atoms with Gasteiger partial charge in [-0.3, -0.25) is 4.79 Å². The van der Waals surface area contributed by atoms with Gasteiger partial charge in [-0.05, 0) is 33.6 Å². The lowest BCUT2D eigenvalue weighted by Crippen LogP contribution is -2.40. The molecule has 0 aliphatic carbocycles. The molecule has 1 saturated heterocycles. The Hall–Kier alpha value is -0.830. The highest BCUT2D eigenvalue weighted by molar-refractivity contribution is 5.88. The van der Waals surface area contributed by atoms with E-state index in [1.54, 1.807) is 6.08 Å². The van der Waals surface area contributed by atoms with Gasteiger partial charge in [0.05, 0.1) is 12.1 Å². The maximum Gasteiger partial charge on any atom is 0.244 e. The number of carbonyl (C=O) groups excluding carboxylic acids is 1. The molecular weight excluding hydrogens is 178 g/mol. The second-order valence-electron chi connectivity index (χ2n) is 4.07. The zero-order chi connectivity index (χ0) is 10.6. The van der Waals surface area contributed by atoms with E-state index in [9.17, 15) is 4.79 Å². The van der Waals surface area contributed by atoms with Crippen LogP contribution in [0.25, 0.3) is 0 Å². The standard InChI is InChI=1S/C11H19NO2/c1-8(2)7-11(13)12-9(3)10-5-4-6-14-10/h7,9-10H,4-6H2,1-3H3,(H,12,13)/t9-,10-/m1/s1. The maximum absolute atomic E-state index is 11.4. The van der Waals surface area contributed by atoms with Crippen molar-refractivity contribution in [2.45, 2.75) is 45.8 Å². The minimum Gasteiger partial charge on any atom is -0.376 e. The normalized spacial score (nSPS) is 22.9. The highest BCUT2D eigenvalue weighted by Gasteiger charge is 2.22. The minimum absolute atomic E-state index is 0.0204. The molecule has 0 radical (unpaired) electrons. The quantitative estimate of drug-likeness (QED) is 0.698. The molecule has 1 rings (SSSR count). The average Bonchev–Trinajstić information content (AvgIpc) is 2.53. The Balaban J connectivity index is 2.35. The molecule has 80 valence electrons. The van der Waals surface area contributed by atoms with E-state index in [0.29, 0.717) is 0 Å². The van der Waals surface area contributed by atoms with Crippen LogP contribution in [0.2, 0.25) is 0 Å². The van der Waals surface area contributed by atoms with Crippen molar-refractivity contribution in [2.75, 3.05) is 6.61 Å². The van der Waals surface area contributed by atoms with Crippen molar-refractivity contribution >= 4 is 5.91 Å². The molecule has 14 heavy (non-hydrogen) atoms. The highest BCUT2D eigenvalue weighted by Crippen LogP contribution is 2.15. The van der Waals surface area contributed by atoms with E-state index in [0.717, 1.165) is 25.0 Å². The molecule has 0 aromatic heterocycles. The van der Waals surface area contributed by atoms with Gasteiger partial charge >= 0.3 is 0 Å². The Morgan fingerprint density at radius 1 is 1.57 bits per heavy atom. The van der Waals surface area contributed by atoms with Gasteiger partial charge in [-0.1, -0.05) is 5.57 Å². The first-order valence-corrected chi connectivity index (χ1v) is 5.16. The molecule has 1 aliphatic heterocycles. The summed E-state index contributed by atoms with van der Waals surface area (Å²) < 4.78 is 5.49. The van der Waals surface area contributed by atoms with Crippen LogP contribution in [-0.4, -0.2) is 24.7 Å². The summed E-state index contributed by atoms with van der Waals surface area (Å²) in [5.41, 5.74) is 1.02. The SMILES string of the molecule is CC(C)=CC(=O)N[C@H](C)[C@H]1CCCO1. The van der Waals surface area contributed by atoms with Crippen LogP contribution in [-0.2, 0) is 9.53 Å². The van der Waals surface area contributed by atoms with E-state index in [1.807, 2.05) is 20.8 Å². The molecule has 2 atom stereocenters. The topological polar surface area (TPSA) is 38.3 Å². The first-order chi connectivity index (χ1) is 6.59. The van der Waals surface area contributed by atoms with Gasteiger partial charge in [-0.25, -0.2) is 0 Å². The Morgan fingerprint density at radius 3 is 2.79 bits per heavy atom. The van der Waals surface area contributed by atoms with Gasteiger partial charge in [0.15, 0.2) is 0 Å². The smallest absolute Gasteiger partial charge is 0.244 e. The Labute approximate surface area is 85.5 Å². The number of allylic oxidation sites excluding steroid dienone is 1. The number of amides is 1. The van der Waals surface area contributed by atoms with Crippen molar-refractivity contribution in [3.63, 3.8) is 0 Å². The molecular formula is C11H19NO2. The van der Waals surface area contributed by atoms with Crippen LogP contribution in [0.5, 0.6) is 0 Å². The van der Waals surface area contributed by atoms with E-state index in [1.165, 1.54) is 0 Å². The molecule has 0 bridgehead atoms. The summed E-state index contributed by atoms with van der Waals surface area (Å²) in [5.74, 6) is -0.0204. The van der Waals surface area contributed by atoms with Crippen LogP contribution < -0.4 is 5.32 Å². The van der Waals surface area contributed by atoms with Crippen LogP contribution in [0, 0.1) is 0 Å². The van der Waals surface area contributed by atoms with Gasteiger partial charge in [-0.15, -0.1) is 0 Å². The predicted octanol–water partition coefficient (Wildman–Crippen LogP) is 1.64. The fraction of sp³-hybridized carbons (Fsp3) is 0.727. The molecule has 1 fully saturated rings. The number of hydrogen-bond acceptors (Lipinski definition) is 2. The summed E-state index contributed by atoms with van der Waals surface area (Å²) in [6, 6.07) is 0.112. The lowest BCUT2D eigenvalue weighted by Gasteiger charge is -2.19. The van der Waals surface area contributed by atoms with Crippen molar-refractivity contribution in [2.24, 2.45) is 0 Å². The summed E-state index contributed by atoms with van der Waals surface area (Å²) in [5, 5.41) is 2.91. The van der Waals surface area contributed by atoms with E-state index < -0.39 is 0 Å². The molecule has 0 aromatic carbocycles. The van der Waals surface area contributed by atoms with Crippen molar-refractivity contribution in [3.05, 3.63) is 11.6 Å². The van der Waals surface area contributed by atoms with Gasteiger partial charge in [-0.2, -0.15) is 0 Å². The van der Waals surface area contributed by atoms with Crippen LogP contribution >= 0.6 is 0 Å². The fourth-order valence-electron chi connectivity index (χ4n) is 1.62. The summed E-state index contributed by atoms with van der Waals surface area (Å²) in [7, 11) is 0. The lowest BCUT2D eigenvalue weighted by atomic mass is 10.1. The summed E-state index contributed by atoms with van der Waals surface area (Å²) >= 11 is 0. The van der Waals surface area contributed by atoms with Crippen LogP contribution in [0.15, 0.2) is 11.6 Å². The number of hydrogen-bond donors (Lipinski definition) is 1. The lowest BCUT2D eigenvalue weighted by molar-refractivity contribution is -0.117. The Kier molecular flexibility index (Phi) is 4.14. The molecule has 3 nitrogen and oxygen atoms in total. The third kappa shape index (κ3) is 3.50. The minimum atomic E-state index is -0.0204. The number of rotatable bonds is 3. The first kappa shape index (κ1) is 11.2. The van der Waals surface area contributed by atoms with E-state index >= 15 is 0 Å². The van der Waals surface area contributed by atoms with Crippen molar-refractivity contribution in [3.8, 4) is 0 Å². The molecule has 0 spiro atoms. The Morgan fingerprint density at radius 2 is 2.29 bits per heavy atom. The van der Waals surface area contributed by atoms with E-state index in [2.05, 4.69) is 5.32 Å². The van der Waals surface area contributed by atoms with Crippen LogP contribution in [0.4, 0.5) is 0 Å². The first-order valence-electron chi connectivity index (χ1n) is 5.16. The van der Waals surface area contributed by atoms with Crippen LogP contribution in [0.3, 0.4) is 0 Å². The van der Waals surface area contributed by atoms with E-state index in [-0.39, 0.29) is 18.1 Å². The van der Waals surface area contributed by atoms with Gasteiger partial charge < -0.3 is 10.1 Å². The maximum atomic E-state index is 11.4. The van der Waals surface area contributed by atoms with Gasteiger partial charge in [0, 0.05) is 12.7 Å².